The van der Waals surface area contributed by atoms with E-state index in [1.807, 2.05) is 0 Å². The largest absolute Gasteiger partial charge is 0.462 e. The Morgan fingerprint density at radius 2 is 2.07 bits per heavy atom. The Morgan fingerprint density at radius 1 is 1.32 bits per heavy atom. The molecular formula is C19H18FN3O5. The Balaban J connectivity index is 1.91. The van der Waals surface area contributed by atoms with Gasteiger partial charge in [-0.2, -0.15) is 0 Å². The van der Waals surface area contributed by atoms with Gasteiger partial charge in [-0.3, -0.25) is 14.2 Å². The molecule has 8 nitrogen and oxygen atoms in total. The van der Waals surface area contributed by atoms with Crippen LogP contribution in [0.4, 0.5) is 10.1 Å². The Kier molecular flexibility index (Phi) is 5.25. The van der Waals surface area contributed by atoms with E-state index in [1.54, 1.807) is 19.9 Å². The summed E-state index contributed by atoms with van der Waals surface area (Å²) in [5.41, 5.74) is 0.0786. The normalized spacial score (nSPS) is 10.9. The lowest BCUT2D eigenvalue weighted by Crippen LogP contribution is -2.28. The summed E-state index contributed by atoms with van der Waals surface area (Å²) in [6.45, 7) is 4.54. The average Bonchev–Trinajstić information content (AvgIpc) is 2.98. The van der Waals surface area contributed by atoms with E-state index in [0.717, 1.165) is 10.9 Å². The van der Waals surface area contributed by atoms with Crippen molar-refractivity contribution in [2.24, 2.45) is 0 Å². The molecule has 0 unspecified atom stereocenters. The summed E-state index contributed by atoms with van der Waals surface area (Å²) < 4.78 is 25.0. The lowest BCUT2D eigenvalue weighted by atomic mass is 10.2. The zero-order valence-corrected chi connectivity index (χ0v) is 15.5. The number of furan rings is 1. The van der Waals surface area contributed by atoms with Crippen LogP contribution in [0.25, 0.3) is 11.1 Å². The van der Waals surface area contributed by atoms with Crippen molar-refractivity contribution in [2.75, 3.05) is 11.9 Å². The maximum Gasteiger partial charge on any atom is 0.342 e. The van der Waals surface area contributed by atoms with Crippen LogP contribution in [-0.2, 0) is 16.1 Å². The number of aryl methyl sites for hydroxylation is 2. The molecule has 0 atom stereocenters. The van der Waals surface area contributed by atoms with Crippen LogP contribution in [0.3, 0.4) is 0 Å². The SMILES string of the molecule is CCOC(=O)c1c(C)oc2ncn(CC(=O)Nc3ccc(C)c(F)c3)c(=O)c12. The number of ether oxygens (including phenoxy) is 1. The van der Waals surface area contributed by atoms with E-state index in [2.05, 4.69) is 10.3 Å². The number of aromatic nitrogens is 2. The van der Waals surface area contributed by atoms with Crippen LogP contribution in [0.5, 0.6) is 0 Å². The predicted octanol–water partition coefficient (Wildman–Crippen LogP) is 2.56. The summed E-state index contributed by atoms with van der Waals surface area (Å²) in [4.78, 5) is 41.2. The van der Waals surface area contributed by atoms with E-state index < -0.39 is 23.3 Å². The van der Waals surface area contributed by atoms with Gasteiger partial charge < -0.3 is 14.5 Å². The average molecular weight is 387 g/mol. The van der Waals surface area contributed by atoms with E-state index >= 15 is 0 Å². The molecule has 0 bridgehead atoms. The molecule has 9 heteroatoms. The van der Waals surface area contributed by atoms with Gasteiger partial charge in [0.05, 0.1) is 6.61 Å². The maximum atomic E-state index is 13.6. The number of carbonyl (C=O) groups excluding carboxylic acids is 2. The zero-order chi connectivity index (χ0) is 20.4. The van der Waals surface area contributed by atoms with Crippen molar-refractivity contribution in [3.8, 4) is 0 Å². The van der Waals surface area contributed by atoms with Gasteiger partial charge in [-0.25, -0.2) is 14.2 Å². The van der Waals surface area contributed by atoms with Gasteiger partial charge in [0.2, 0.25) is 11.6 Å². The number of esters is 1. The highest BCUT2D eigenvalue weighted by atomic mass is 19.1. The summed E-state index contributed by atoms with van der Waals surface area (Å²) in [5, 5.41) is 2.47. The van der Waals surface area contributed by atoms with Gasteiger partial charge in [-0.1, -0.05) is 6.07 Å². The van der Waals surface area contributed by atoms with Crippen molar-refractivity contribution in [3.63, 3.8) is 0 Å². The van der Waals surface area contributed by atoms with Crippen molar-refractivity contribution < 1.29 is 23.1 Å². The van der Waals surface area contributed by atoms with Crippen LogP contribution < -0.4 is 10.9 Å². The van der Waals surface area contributed by atoms with E-state index in [0.29, 0.717) is 5.56 Å². The third-order valence-electron chi connectivity index (χ3n) is 4.10. The molecule has 3 aromatic rings. The molecule has 28 heavy (non-hydrogen) atoms. The number of carbonyl (C=O) groups is 2. The molecule has 0 aliphatic rings. The minimum atomic E-state index is -0.699. The maximum absolute atomic E-state index is 13.6. The van der Waals surface area contributed by atoms with Gasteiger partial charge in [-0.05, 0) is 38.5 Å². The molecule has 0 fully saturated rings. The van der Waals surface area contributed by atoms with Gasteiger partial charge in [0.1, 0.15) is 35.4 Å². The smallest absolute Gasteiger partial charge is 0.342 e. The number of nitrogens with zero attached hydrogens (tertiary/aromatic N) is 2. The molecule has 1 N–H and O–H groups in total. The predicted molar refractivity (Wildman–Crippen MR) is 98.7 cm³/mol. The van der Waals surface area contributed by atoms with Gasteiger partial charge >= 0.3 is 5.97 Å². The van der Waals surface area contributed by atoms with Crippen molar-refractivity contribution in [2.45, 2.75) is 27.3 Å². The van der Waals surface area contributed by atoms with Crippen LogP contribution in [0.1, 0.15) is 28.6 Å². The highest BCUT2D eigenvalue weighted by Gasteiger charge is 2.24. The molecular weight excluding hydrogens is 369 g/mol. The van der Waals surface area contributed by atoms with Crippen LogP contribution in [0.15, 0.2) is 33.7 Å². The second kappa shape index (κ2) is 7.63. The number of benzene rings is 1. The first-order valence-corrected chi connectivity index (χ1v) is 8.53. The Hall–Kier alpha value is -3.49. The van der Waals surface area contributed by atoms with E-state index in [4.69, 9.17) is 9.15 Å². The lowest BCUT2D eigenvalue weighted by Gasteiger charge is -2.08. The molecule has 1 amide bonds. The van der Waals surface area contributed by atoms with E-state index in [-0.39, 0.29) is 41.3 Å². The van der Waals surface area contributed by atoms with Crippen LogP contribution in [-0.4, -0.2) is 28.0 Å². The summed E-state index contributed by atoms with van der Waals surface area (Å²) in [6, 6.07) is 4.28. The number of hydrogen-bond acceptors (Lipinski definition) is 6. The highest BCUT2D eigenvalue weighted by molar-refractivity contribution is 6.03. The molecule has 0 saturated carbocycles. The molecule has 3 rings (SSSR count). The van der Waals surface area contributed by atoms with Gasteiger partial charge in [0.15, 0.2) is 0 Å². The zero-order valence-electron chi connectivity index (χ0n) is 15.5. The highest BCUT2D eigenvalue weighted by Crippen LogP contribution is 2.21. The third-order valence-corrected chi connectivity index (χ3v) is 4.10. The fraction of sp³-hybridized carbons (Fsp3) is 0.263. The minimum Gasteiger partial charge on any atom is -0.462 e. The first-order chi connectivity index (χ1) is 13.3. The molecule has 0 aliphatic carbocycles. The van der Waals surface area contributed by atoms with Crippen LogP contribution >= 0.6 is 0 Å². The number of anilines is 1. The Morgan fingerprint density at radius 3 is 2.75 bits per heavy atom. The molecule has 1 aromatic carbocycles. The lowest BCUT2D eigenvalue weighted by molar-refractivity contribution is -0.116. The van der Waals surface area contributed by atoms with Crippen molar-refractivity contribution in [1.29, 1.82) is 0 Å². The first kappa shape index (κ1) is 19.3. The van der Waals surface area contributed by atoms with Gasteiger partial charge in [0, 0.05) is 5.69 Å². The molecule has 2 heterocycles. The first-order valence-electron chi connectivity index (χ1n) is 8.53. The van der Waals surface area contributed by atoms with E-state index in [9.17, 15) is 18.8 Å². The summed E-state index contributed by atoms with van der Waals surface area (Å²) in [5.74, 6) is -1.50. The fourth-order valence-corrected chi connectivity index (χ4v) is 2.73. The summed E-state index contributed by atoms with van der Waals surface area (Å²) >= 11 is 0. The minimum absolute atomic E-state index is 0.00952. The molecule has 0 aliphatic heterocycles. The van der Waals surface area contributed by atoms with Crippen molar-refractivity contribution in [3.05, 3.63) is 57.6 Å². The van der Waals surface area contributed by atoms with Gasteiger partial charge in [0.25, 0.3) is 5.56 Å². The Bertz CT molecular complexity index is 1130. The number of amides is 1. The van der Waals surface area contributed by atoms with Crippen molar-refractivity contribution in [1.82, 2.24) is 9.55 Å². The topological polar surface area (TPSA) is 103 Å². The second-order valence-electron chi connectivity index (χ2n) is 6.12. The second-order valence-corrected chi connectivity index (χ2v) is 6.12. The monoisotopic (exact) mass is 387 g/mol. The number of rotatable bonds is 5. The summed E-state index contributed by atoms with van der Waals surface area (Å²) in [6.07, 6.45) is 1.15. The molecule has 0 radical (unpaired) electrons. The Labute approximate surface area is 158 Å². The molecule has 2 aromatic heterocycles. The van der Waals surface area contributed by atoms with Gasteiger partial charge in [-0.15, -0.1) is 0 Å². The summed E-state index contributed by atoms with van der Waals surface area (Å²) in [7, 11) is 0. The number of fused-ring (bicyclic) bond motifs is 1. The third kappa shape index (κ3) is 3.64. The standard InChI is InChI=1S/C19H18FN3O5/c1-4-27-19(26)15-11(3)28-17-16(15)18(25)23(9-21-17)8-14(24)22-12-6-5-10(2)13(20)7-12/h5-7,9H,4,8H2,1-3H3,(H,22,24). The van der Waals surface area contributed by atoms with E-state index in [1.165, 1.54) is 19.1 Å². The fourth-order valence-electron chi connectivity index (χ4n) is 2.73. The molecule has 0 saturated heterocycles. The number of halogens is 1. The van der Waals surface area contributed by atoms with Crippen molar-refractivity contribution >= 4 is 28.7 Å². The van der Waals surface area contributed by atoms with Crippen LogP contribution in [0.2, 0.25) is 0 Å². The van der Waals surface area contributed by atoms with Crippen LogP contribution in [0, 0.1) is 19.7 Å². The number of nitrogens with one attached hydrogen (secondary N) is 1. The number of hydrogen-bond donors (Lipinski definition) is 1. The molecule has 0 spiro atoms. The molecule has 146 valence electrons. The quantitative estimate of drug-likeness (QED) is 0.675.